The van der Waals surface area contributed by atoms with E-state index in [1.807, 2.05) is 12.1 Å². The Kier molecular flexibility index (Phi) is 5.78. The molecular formula is C34H31FN2O. The van der Waals surface area contributed by atoms with E-state index in [1.165, 1.54) is 35.2 Å². The third kappa shape index (κ3) is 4.00. The number of nitrogens with zero attached hydrogens (tertiary/aromatic N) is 2. The van der Waals surface area contributed by atoms with Crippen LogP contribution in [0.5, 0.6) is 11.5 Å². The van der Waals surface area contributed by atoms with E-state index in [2.05, 4.69) is 89.3 Å². The number of likely N-dealkylation sites (tertiary alicyclic amines) is 1. The number of likely N-dealkylation sites (N-methyl/N-ethyl adjacent to an activating group) is 1. The number of para-hydroxylation sites is 1. The average molecular weight is 503 g/mol. The van der Waals surface area contributed by atoms with Crippen LogP contribution in [0.25, 0.3) is 10.9 Å². The molecular weight excluding hydrogens is 471 g/mol. The molecule has 3 nitrogen and oxygen atoms in total. The Balaban J connectivity index is 1.47. The number of hydrogen-bond donors (Lipinski definition) is 0. The lowest BCUT2D eigenvalue weighted by Gasteiger charge is -2.33. The molecule has 1 aromatic heterocycles. The van der Waals surface area contributed by atoms with Gasteiger partial charge in [-0.2, -0.15) is 0 Å². The summed E-state index contributed by atoms with van der Waals surface area (Å²) in [5, 5.41) is 0.951. The Morgan fingerprint density at radius 2 is 1.68 bits per heavy atom. The van der Waals surface area contributed by atoms with Gasteiger partial charge < -0.3 is 14.2 Å². The molecule has 4 heteroatoms. The first-order valence-electron chi connectivity index (χ1n) is 13.6. The molecule has 190 valence electrons. The maximum absolute atomic E-state index is 14.4. The molecule has 1 fully saturated rings. The molecule has 5 aromatic rings. The van der Waals surface area contributed by atoms with Crippen molar-refractivity contribution in [3.05, 3.63) is 131 Å². The highest BCUT2D eigenvalue weighted by Crippen LogP contribution is 2.48. The normalized spacial score (nSPS) is 18.8. The van der Waals surface area contributed by atoms with E-state index in [0.717, 1.165) is 47.4 Å². The molecule has 0 amide bonds. The van der Waals surface area contributed by atoms with E-state index in [0.29, 0.717) is 6.04 Å². The van der Waals surface area contributed by atoms with Crippen LogP contribution in [0.4, 0.5) is 4.39 Å². The molecule has 1 saturated heterocycles. The Bertz CT molecular complexity index is 1620. The summed E-state index contributed by atoms with van der Waals surface area (Å²) < 4.78 is 23.4. The largest absolute Gasteiger partial charge is 0.457 e. The highest BCUT2D eigenvalue weighted by Gasteiger charge is 2.34. The number of benzene rings is 4. The molecule has 0 bridgehead atoms. The van der Waals surface area contributed by atoms with E-state index < -0.39 is 0 Å². The van der Waals surface area contributed by atoms with Crippen LogP contribution in [0, 0.1) is 5.82 Å². The zero-order valence-electron chi connectivity index (χ0n) is 21.6. The van der Waals surface area contributed by atoms with Crippen LogP contribution in [-0.2, 0) is 12.8 Å². The second kappa shape index (κ2) is 9.45. The molecule has 2 aliphatic rings. The molecule has 4 aromatic carbocycles. The average Bonchev–Trinajstić information content (AvgIpc) is 3.50. The SMILES string of the molecule is CN1CCC[C@H]1Cc1cc2cc(F)ccc2n1[C@H]1c2ccccc2Oc2cccc(Cc3ccccc3)c21. The van der Waals surface area contributed by atoms with Crippen molar-refractivity contribution in [1.29, 1.82) is 0 Å². The summed E-state index contributed by atoms with van der Waals surface area (Å²) in [6.07, 6.45) is 4.16. The summed E-state index contributed by atoms with van der Waals surface area (Å²) in [7, 11) is 2.22. The maximum Gasteiger partial charge on any atom is 0.133 e. The van der Waals surface area contributed by atoms with Crippen LogP contribution in [0.3, 0.4) is 0 Å². The smallest absolute Gasteiger partial charge is 0.133 e. The fraction of sp³-hybridized carbons (Fsp3) is 0.235. The van der Waals surface area contributed by atoms with Gasteiger partial charge in [-0.25, -0.2) is 4.39 Å². The second-order valence-electron chi connectivity index (χ2n) is 10.7. The van der Waals surface area contributed by atoms with Crippen LogP contribution in [0.15, 0.2) is 97.1 Å². The topological polar surface area (TPSA) is 17.4 Å². The molecule has 3 heterocycles. The zero-order chi connectivity index (χ0) is 25.6. The van der Waals surface area contributed by atoms with Crippen molar-refractivity contribution in [2.45, 2.75) is 37.8 Å². The first kappa shape index (κ1) is 23.2. The fourth-order valence-electron chi connectivity index (χ4n) is 6.51. The van der Waals surface area contributed by atoms with Gasteiger partial charge in [0.15, 0.2) is 0 Å². The molecule has 0 aliphatic carbocycles. The molecule has 38 heavy (non-hydrogen) atoms. The third-order valence-electron chi connectivity index (χ3n) is 8.36. The molecule has 7 rings (SSSR count). The summed E-state index contributed by atoms with van der Waals surface area (Å²) in [5.74, 6) is 1.58. The van der Waals surface area contributed by atoms with Gasteiger partial charge in [-0.15, -0.1) is 0 Å². The van der Waals surface area contributed by atoms with Gasteiger partial charge in [0.25, 0.3) is 0 Å². The van der Waals surface area contributed by atoms with Crippen LogP contribution in [0.1, 0.15) is 46.8 Å². The lowest BCUT2D eigenvalue weighted by atomic mass is 9.87. The summed E-state index contributed by atoms with van der Waals surface area (Å²) in [6.45, 7) is 1.13. The summed E-state index contributed by atoms with van der Waals surface area (Å²) in [4.78, 5) is 2.47. The maximum atomic E-state index is 14.4. The van der Waals surface area contributed by atoms with Gasteiger partial charge in [-0.05, 0) is 80.4 Å². The van der Waals surface area contributed by atoms with E-state index in [1.54, 1.807) is 12.1 Å². The van der Waals surface area contributed by atoms with E-state index in [-0.39, 0.29) is 11.9 Å². The molecule has 0 radical (unpaired) electrons. The van der Waals surface area contributed by atoms with E-state index in [9.17, 15) is 4.39 Å². The van der Waals surface area contributed by atoms with Crippen molar-refractivity contribution in [3.8, 4) is 11.5 Å². The van der Waals surface area contributed by atoms with Crippen LogP contribution in [-0.4, -0.2) is 29.1 Å². The number of hydrogen-bond acceptors (Lipinski definition) is 2. The molecule has 2 atom stereocenters. The highest BCUT2D eigenvalue weighted by atomic mass is 19.1. The predicted molar refractivity (Wildman–Crippen MR) is 151 cm³/mol. The third-order valence-corrected chi connectivity index (χ3v) is 8.36. The van der Waals surface area contributed by atoms with E-state index >= 15 is 0 Å². The highest BCUT2D eigenvalue weighted by molar-refractivity contribution is 5.82. The summed E-state index contributed by atoms with van der Waals surface area (Å²) in [5.41, 5.74) is 7.16. The van der Waals surface area contributed by atoms with Crippen molar-refractivity contribution < 1.29 is 9.13 Å². The van der Waals surface area contributed by atoms with E-state index in [4.69, 9.17) is 4.74 Å². The number of rotatable bonds is 5. The van der Waals surface area contributed by atoms with Crippen molar-refractivity contribution in [1.82, 2.24) is 9.47 Å². The second-order valence-corrected chi connectivity index (χ2v) is 10.7. The number of aromatic nitrogens is 1. The van der Waals surface area contributed by atoms with Gasteiger partial charge in [0, 0.05) is 40.2 Å². The van der Waals surface area contributed by atoms with Gasteiger partial charge in [0.1, 0.15) is 17.3 Å². The summed E-state index contributed by atoms with van der Waals surface area (Å²) in [6, 6.07) is 33.2. The predicted octanol–water partition coefficient (Wildman–Crippen LogP) is 7.75. The Labute approximate surface area is 223 Å². The number of fused-ring (bicyclic) bond motifs is 3. The van der Waals surface area contributed by atoms with Crippen molar-refractivity contribution in [2.24, 2.45) is 0 Å². The van der Waals surface area contributed by atoms with Crippen LogP contribution in [0.2, 0.25) is 0 Å². The Morgan fingerprint density at radius 1 is 0.868 bits per heavy atom. The minimum Gasteiger partial charge on any atom is -0.457 e. The molecule has 0 spiro atoms. The van der Waals surface area contributed by atoms with Crippen molar-refractivity contribution in [2.75, 3.05) is 13.6 Å². The van der Waals surface area contributed by atoms with Gasteiger partial charge in [-0.1, -0.05) is 60.7 Å². The number of halogens is 1. The van der Waals surface area contributed by atoms with Crippen LogP contribution >= 0.6 is 0 Å². The van der Waals surface area contributed by atoms with Crippen LogP contribution < -0.4 is 4.74 Å². The first-order valence-corrected chi connectivity index (χ1v) is 13.6. The monoisotopic (exact) mass is 502 g/mol. The zero-order valence-corrected chi connectivity index (χ0v) is 21.6. The quantitative estimate of drug-likeness (QED) is 0.240. The molecule has 0 N–H and O–H groups in total. The lowest BCUT2D eigenvalue weighted by molar-refractivity contribution is 0.305. The minimum atomic E-state index is -0.197. The first-order chi connectivity index (χ1) is 18.7. The molecule has 0 saturated carbocycles. The lowest BCUT2D eigenvalue weighted by Crippen LogP contribution is -2.29. The van der Waals surface area contributed by atoms with Gasteiger partial charge in [0.2, 0.25) is 0 Å². The fourth-order valence-corrected chi connectivity index (χ4v) is 6.51. The molecule has 2 aliphatic heterocycles. The standard InChI is InChI=1S/C34H31FN2O/c1-36-18-8-12-27(36)22-28-21-25-20-26(35)16-17-30(25)37(28)34-29-13-5-6-14-31(29)38-32-15-7-11-24(33(32)34)19-23-9-3-2-4-10-23/h2-7,9-11,13-17,20-21,27,34H,8,12,18-19,22H2,1H3/t27-,34-/m0/s1. The van der Waals surface area contributed by atoms with Gasteiger partial charge >= 0.3 is 0 Å². The van der Waals surface area contributed by atoms with Gasteiger partial charge in [-0.3, -0.25) is 0 Å². The summed E-state index contributed by atoms with van der Waals surface area (Å²) >= 11 is 0. The minimum absolute atomic E-state index is 0.0699. The van der Waals surface area contributed by atoms with Crippen molar-refractivity contribution >= 4 is 10.9 Å². The molecule has 0 unspecified atom stereocenters. The Morgan fingerprint density at radius 3 is 2.53 bits per heavy atom. The van der Waals surface area contributed by atoms with Gasteiger partial charge in [0.05, 0.1) is 6.04 Å². The van der Waals surface area contributed by atoms with Crippen molar-refractivity contribution in [3.63, 3.8) is 0 Å². The number of ether oxygens (including phenoxy) is 1. The Hall–Kier alpha value is -3.89.